The van der Waals surface area contributed by atoms with E-state index in [4.69, 9.17) is 9.84 Å². The summed E-state index contributed by atoms with van der Waals surface area (Å²) in [6, 6.07) is 0.477. The fourth-order valence-corrected chi connectivity index (χ4v) is 2.38. The van der Waals surface area contributed by atoms with E-state index in [2.05, 4.69) is 44.2 Å². The van der Waals surface area contributed by atoms with Crippen molar-refractivity contribution in [2.75, 3.05) is 13.2 Å². The van der Waals surface area contributed by atoms with E-state index in [9.17, 15) is 9.59 Å². The van der Waals surface area contributed by atoms with Crippen molar-refractivity contribution in [2.45, 2.75) is 60.4 Å². The summed E-state index contributed by atoms with van der Waals surface area (Å²) in [5.41, 5.74) is 1.52. The van der Waals surface area contributed by atoms with Gasteiger partial charge in [0.25, 0.3) is 0 Å². The van der Waals surface area contributed by atoms with Gasteiger partial charge in [0, 0.05) is 12.0 Å². The van der Waals surface area contributed by atoms with Gasteiger partial charge in [-0.15, -0.1) is 10.2 Å². The fourth-order valence-electron chi connectivity index (χ4n) is 2.38. The highest BCUT2D eigenvalue weighted by molar-refractivity contribution is 6.39. The maximum Gasteiger partial charge on any atom is 0.352 e. The van der Waals surface area contributed by atoms with Gasteiger partial charge in [-0.25, -0.2) is 14.6 Å². The number of aromatic amines is 1. The molecule has 0 aliphatic carbocycles. The van der Waals surface area contributed by atoms with Gasteiger partial charge in [-0.1, -0.05) is 27.7 Å². The second-order valence-electron chi connectivity index (χ2n) is 7.77. The minimum absolute atomic E-state index is 0.147. The first kappa shape index (κ1) is 26.7. The summed E-state index contributed by atoms with van der Waals surface area (Å²) in [5.74, 6) is -0.166. The van der Waals surface area contributed by atoms with Gasteiger partial charge in [-0.05, 0) is 26.7 Å². The molecule has 0 saturated heterocycles. The zero-order chi connectivity index (χ0) is 24.3. The highest BCUT2D eigenvalue weighted by Gasteiger charge is 2.18. The van der Waals surface area contributed by atoms with Gasteiger partial charge in [0.1, 0.15) is 29.8 Å². The number of rotatable bonds is 6. The smallest absolute Gasteiger partial charge is 0.352 e. The van der Waals surface area contributed by atoms with Crippen LogP contribution in [0, 0.1) is 5.92 Å². The van der Waals surface area contributed by atoms with Crippen LogP contribution in [-0.2, 0) is 9.53 Å². The monoisotopic (exact) mass is 447 g/mol. The number of carbonyl (C=O) groups is 2. The molecule has 3 heterocycles. The van der Waals surface area contributed by atoms with E-state index in [0.717, 1.165) is 5.69 Å². The summed E-state index contributed by atoms with van der Waals surface area (Å²) in [6.07, 6.45) is 4.93. The summed E-state index contributed by atoms with van der Waals surface area (Å²) in [5, 5.41) is 22.4. The molecule has 32 heavy (non-hydrogen) atoms. The predicted octanol–water partition coefficient (Wildman–Crippen LogP) is 3.15. The molecule has 176 valence electrons. The van der Waals surface area contributed by atoms with Crippen molar-refractivity contribution in [3.63, 3.8) is 0 Å². The first-order valence-electron chi connectivity index (χ1n) is 10.5. The number of hydrogen-bond acceptors (Lipinski definition) is 8. The molecule has 0 saturated carbocycles. The van der Waals surface area contributed by atoms with Crippen LogP contribution in [0.5, 0.6) is 0 Å². The van der Waals surface area contributed by atoms with Gasteiger partial charge in [-0.2, -0.15) is 5.10 Å². The Bertz CT molecular complexity index is 912. The largest absolute Gasteiger partial charge is 0.477 e. The molecule has 0 fully saturated rings. The summed E-state index contributed by atoms with van der Waals surface area (Å²) >= 11 is 0. The molecule has 0 bridgehead atoms. The second-order valence-corrected chi connectivity index (χ2v) is 7.77. The van der Waals surface area contributed by atoms with Crippen LogP contribution >= 0.6 is 0 Å². The minimum Gasteiger partial charge on any atom is -0.477 e. The first-order valence-corrected chi connectivity index (χ1v) is 10.5. The van der Waals surface area contributed by atoms with Gasteiger partial charge in [0.15, 0.2) is 0 Å². The number of esters is 1. The number of H-pyrrole nitrogens is 1. The molecular formula is C21H33N7O4. The Morgan fingerprint density at radius 2 is 1.75 bits per heavy atom. The molecule has 1 aliphatic heterocycles. The maximum absolute atomic E-state index is 11.3. The average Bonchev–Trinajstić information content (AvgIpc) is 3.50. The normalized spacial score (nSPS) is 12.6. The number of carboxylic acid groups (broad SMARTS) is 1. The lowest BCUT2D eigenvalue weighted by molar-refractivity contribution is -0.129. The van der Waals surface area contributed by atoms with Crippen LogP contribution in [0.15, 0.2) is 28.8 Å². The molecule has 2 aromatic rings. The first-order chi connectivity index (χ1) is 15.1. The van der Waals surface area contributed by atoms with Gasteiger partial charge < -0.3 is 14.4 Å². The Kier molecular flexibility index (Phi) is 10.9. The summed E-state index contributed by atoms with van der Waals surface area (Å²) < 4.78 is 6.82. The van der Waals surface area contributed by atoms with E-state index < -0.39 is 5.97 Å². The van der Waals surface area contributed by atoms with Crippen LogP contribution in [0.2, 0.25) is 0 Å². The van der Waals surface area contributed by atoms with Crippen molar-refractivity contribution >= 4 is 23.5 Å². The van der Waals surface area contributed by atoms with Gasteiger partial charge >= 0.3 is 11.9 Å². The van der Waals surface area contributed by atoms with Crippen LogP contribution in [-0.4, -0.2) is 66.7 Å². The van der Waals surface area contributed by atoms with Gasteiger partial charge in [0.05, 0.1) is 25.0 Å². The zero-order valence-corrected chi connectivity index (χ0v) is 19.7. The zero-order valence-electron chi connectivity index (χ0n) is 19.7. The Morgan fingerprint density at radius 3 is 2.12 bits per heavy atom. The lowest BCUT2D eigenvalue weighted by Crippen LogP contribution is -2.13. The summed E-state index contributed by atoms with van der Waals surface area (Å²) in [6.45, 7) is 14.4. The quantitative estimate of drug-likeness (QED) is 0.646. The highest BCUT2D eigenvalue weighted by Crippen LogP contribution is 2.16. The Balaban J connectivity index is 0.000000247. The number of hydrogen-bond donors (Lipinski definition) is 2. The third-order valence-electron chi connectivity index (χ3n) is 4.18. The van der Waals surface area contributed by atoms with Crippen molar-refractivity contribution in [3.05, 3.63) is 30.1 Å². The molecule has 3 rings (SSSR count). The maximum atomic E-state index is 11.3. The number of amidine groups is 1. The lowest BCUT2D eigenvalue weighted by Gasteiger charge is -2.04. The highest BCUT2D eigenvalue weighted by atomic mass is 16.5. The lowest BCUT2D eigenvalue weighted by atomic mass is 10.1. The fraction of sp³-hybridized carbons (Fsp3) is 0.571. The van der Waals surface area contributed by atoms with E-state index in [-0.39, 0.29) is 30.1 Å². The molecule has 2 aromatic heterocycles. The molecule has 0 spiro atoms. The average molecular weight is 448 g/mol. The van der Waals surface area contributed by atoms with E-state index in [1.165, 1.54) is 6.20 Å². The Labute approximate surface area is 188 Å². The molecule has 11 nitrogen and oxygen atoms in total. The third-order valence-corrected chi connectivity index (χ3v) is 4.18. The second kappa shape index (κ2) is 13.1. The van der Waals surface area contributed by atoms with E-state index in [0.29, 0.717) is 24.0 Å². The molecule has 2 N–H and O–H groups in total. The topological polar surface area (TPSA) is 148 Å². The molecule has 0 unspecified atom stereocenters. The van der Waals surface area contributed by atoms with E-state index in [1.807, 2.05) is 32.3 Å². The molecule has 0 radical (unpaired) electrons. The number of aliphatic carboxylic acids is 1. The Morgan fingerprint density at radius 1 is 1.12 bits per heavy atom. The van der Waals surface area contributed by atoms with Crippen molar-refractivity contribution in [1.82, 2.24) is 25.0 Å². The summed E-state index contributed by atoms with van der Waals surface area (Å²) in [4.78, 5) is 29.5. The van der Waals surface area contributed by atoms with Gasteiger partial charge in [0.2, 0.25) is 0 Å². The van der Waals surface area contributed by atoms with Crippen molar-refractivity contribution in [1.29, 1.82) is 0 Å². The molecule has 1 aliphatic rings. The number of aromatic nitrogens is 5. The van der Waals surface area contributed by atoms with Crippen LogP contribution in [0.25, 0.3) is 0 Å². The Hall–Kier alpha value is -3.37. The number of ether oxygens (including phenoxy) is 1. The number of carbonyl (C=O) groups excluding carboxylic acids is 1. The van der Waals surface area contributed by atoms with Crippen LogP contribution in [0.3, 0.4) is 0 Å². The molecule has 0 atom stereocenters. The SMILES string of the molecule is CC(C)C1=NCC(C(=O)O)=N1.CC(C)n1cnnc1.CCOC(=O)c1cn[nH]c1C(C)C. The van der Waals surface area contributed by atoms with Crippen LogP contribution in [0.1, 0.15) is 76.5 Å². The van der Waals surface area contributed by atoms with Gasteiger partial charge in [-0.3, -0.25) is 10.1 Å². The van der Waals surface area contributed by atoms with E-state index in [1.54, 1.807) is 19.6 Å². The molecule has 0 aromatic carbocycles. The molecule has 0 amide bonds. The number of carboxylic acids is 1. The van der Waals surface area contributed by atoms with Crippen molar-refractivity contribution in [2.24, 2.45) is 15.9 Å². The third kappa shape index (κ3) is 8.40. The predicted molar refractivity (Wildman–Crippen MR) is 121 cm³/mol. The molecule has 11 heteroatoms. The van der Waals surface area contributed by atoms with Crippen LogP contribution in [0.4, 0.5) is 0 Å². The standard InChI is InChI=1S/C9H14N2O2.C7H10N2O2.C5H9N3/c1-4-13-9(12)7-5-10-11-8(7)6(2)3;1-4(2)6-8-3-5(9-6)7(10)11;1-5(2)8-3-6-7-4-8/h5-6H,4H2,1-3H3,(H,10,11);4H,3H2,1-2H3,(H,10,11);3-5H,1-2H3. The van der Waals surface area contributed by atoms with Crippen LogP contribution < -0.4 is 0 Å². The molecular weight excluding hydrogens is 414 g/mol. The van der Waals surface area contributed by atoms with E-state index >= 15 is 0 Å². The minimum atomic E-state index is -0.968. The number of aliphatic imine (C=N–C) groups is 2. The number of nitrogens with one attached hydrogen (secondary N) is 1. The number of nitrogens with zero attached hydrogens (tertiary/aromatic N) is 6. The van der Waals surface area contributed by atoms with Crippen molar-refractivity contribution in [3.8, 4) is 0 Å². The summed E-state index contributed by atoms with van der Waals surface area (Å²) in [7, 11) is 0. The van der Waals surface area contributed by atoms with Crippen molar-refractivity contribution < 1.29 is 19.4 Å².